The summed E-state index contributed by atoms with van der Waals surface area (Å²) in [4.78, 5) is 34.9. The molecule has 0 heterocycles. The van der Waals surface area contributed by atoms with Crippen LogP contribution in [-0.4, -0.2) is 30.9 Å². The smallest absolute Gasteiger partial charge is 0.331 e. The maximum Gasteiger partial charge on any atom is 0.331 e. The third-order valence-corrected chi connectivity index (χ3v) is 3.59. The van der Waals surface area contributed by atoms with Gasteiger partial charge in [0.25, 0.3) is 5.91 Å². The average Bonchev–Trinajstić information content (AvgIpc) is 2.70. The first-order valence-corrected chi connectivity index (χ1v) is 8.38. The molecular formula is C20H17F3N2O4. The predicted molar refractivity (Wildman–Crippen MR) is 99.1 cm³/mol. The van der Waals surface area contributed by atoms with Crippen LogP contribution in [0, 0.1) is 24.4 Å². The number of ether oxygens (including phenoxy) is 1. The molecule has 0 radical (unpaired) electrons. The minimum Gasteiger partial charge on any atom is -0.452 e. The lowest BCUT2D eigenvalue weighted by Gasteiger charge is -2.08. The van der Waals surface area contributed by atoms with Gasteiger partial charge in [-0.25, -0.2) is 18.0 Å². The van der Waals surface area contributed by atoms with Gasteiger partial charge in [0.15, 0.2) is 24.1 Å². The minimum absolute atomic E-state index is 0.573. The predicted octanol–water partition coefficient (Wildman–Crippen LogP) is 2.72. The van der Waals surface area contributed by atoms with E-state index in [0.29, 0.717) is 6.07 Å². The number of nitrogens with one attached hydrogen (secondary N) is 2. The molecule has 29 heavy (non-hydrogen) atoms. The monoisotopic (exact) mass is 406 g/mol. The molecule has 0 fully saturated rings. The molecule has 2 N–H and O–H groups in total. The number of carbonyl (C=O) groups excluding carboxylic acids is 3. The van der Waals surface area contributed by atoms with Crippen LogP contribution in [0.4, 0.5) is 18.9 Å². The van der Waals surface area contributed by atoms with Crippen LogP contribution in [0.3, 0.4) is 0 Å². The Kier molecular flexibility index (Phi) is 7.53. The van der Waals surface area contributed by atoms with Crippen LogP contribution < -0.4 is 10.6 Å². The van der Waals surface area contributed by atoms with E-state index in [-0.39, 0.29) is 0 Å². The van der Waals surface area contributed by atoms with Crippen molar-refractivity contribution in [3.05, 3.63) is 71.1 Å². The number of aryl methyl sites for hydroxylation is 1. The molecule has 2 aromatic rings. The van der Waals surface area contributed by atoms with E-state index in [4.69, 9.17) is 4.74 Å². The molecule has 0 aliphatic heterocycles. The van der Waals surface area contributed by atoms with Gasteiger partial charge in [-0.3, -0.25) is 9.59 Å². The van der Waals surface area contributed by atoms with Crippen molar-refractivity contribution in [2.24, 2.45) is 0 Å². The van der Waals surface area contributed by atoms with Crippen molar-refractivity contribution in [1.29, 1.82) is 0 Å². The molecule has 2 rings (SSSR count). The van der Waals surface area contributed by atoms with Gasteiger partial charge >= 0.3 is 5.97 Å². The summed E-state index contributed by atoms with van der Waals surface area (Å²) in [6.07, 6.45) is 2.67. The molecule has 2 aromatic carbocycles. The number of hydrogen-bond acceptors (Lipinski definition) is 4. The van der Waals surface area contributed by atoms with E-state index in [1.165, 1.54) is 6.08 Å². The van der Waals surface area contributed by atoms with Gasteiger partial charge in [-0.2, -0.15) is 0 Å². The minimum atomic E-state index is -1.72. The first kappa shape index (κ1) is 21.7. The summed E-state index contributed by atoms with van der Waals surface area (Å²) < 4.78 is 44.1. The van der Waals surface area contributed by atoms with Gasteiger partial charge in [0.1, 0.15) is 0 Å². The van der Waals surface area contributed by atoms with Gasteiger partial charge in [-0.1, -0.05) is 29.8 Å². The fourth-order valence-corrected chi connectivity index (χ4v) is 2.07. The van der Waals surface area contributed by atoms with E-state index in [1.54, 1.807) is 12.1 Å². The number of benzene rings is 2. The van der Waals surface area contributed by atoms with Crippen molar-refractivity contribution in [2.45, 2.75) is 6.92 Å². The highest BCUT2D eigenvalue weighted by Crippen LogP contribution is 2.19. The summed E-state index contributed by atoms with van der Waals surface area (Å²) in [6, 6.07) is 8.84. The van der Waals surface area contributed by atoms with Crippen molar-refractivity contribution in [3.63, 3.8) is 0 Å². The quantitative estimate of drug-likeness (QED) is 0.421. The van der Waals surface area contributed by atoms with E-state index in [1.807, 2.05) is 24.4 Å². The van der Waals surface area contributed by atoms with Crippen LogP contribution >= 0.6 is 0 Å². The number of amides is 2. The Hall–Kier alpha value is -3.62. The standard InChI is InChI=1S/C20H17F3N2O4/c1-12-2-4-13(5-3-12)6-9-18(28)29-11-17(27)24-10-16(26)25-15-8-7-14(21)19(22)20(15)23/h2-9H,10-11H2,1H3,(H,24,27)(H,25,26)/b9-6+. The lowest BCUT2D eigenvalue weighted by atomic mass is 10.1. The normalized spacial score (nSPS) is 10.6. The summed E-state index contributed by atoms with van der Waals surface area (Å²) in [5.74, 6) is -7.09. The summed E-state index contributed by atoms with van der Waals surface area (Å²) >= 11 is 0. The Bertz CT molecular complexity index is 943. The van der Waals surface area contributed by atoms with Crippen LogP contribution in [0.5, 0.6) is 0 Å². The first-order chi connectivity index (χ1) is 13.8. The lowest BCUT2D eigenvalue weighted by molar-refractivity contribution is -0.143. The van der Waals surface area contributed by atoms with E-state index in [0.717, 1.165) is 23.3 Å². The summed E-state index contributed by atoms with van der Waals surface area (Å²) in [6.45, 7) is 0.701. The maximum atomic E-state index is 13.5. The van der Waals surface area contributed by atoms with Gasteiger partial charge < -0.3 is 15.4 Å². The highest BCUT2D eigenvalue weighted by molar-refractivity contribution is 5.95. The Morgan fingerprint density at radius 3 is 2.34 bits per heavy atom. The molecule has 152 valence electrons. The Balaban J connectivity index is 1.73. The van der Waals surface area contributed by atoms with E-state index >= 15 is 0 Å². The Morgan fingerprint density at radius 2 is 1.66 bits per heavy atom. The molecule has 0 saturated heterocycles. The molecule has 0 atom stereocenters. The number of rotatable bonds is 7. The number of halogens is 3. The van der Waals surface area contributed by atoms with Crippen LogP contribution in [-0.2, 0) is 19.1 Å². The van der Waals surface area contributed by atoms with Crippen molar-refractivity contribution in [1.82, 2.24) is 5.32 Å². The second-order valence-electron chi connectivity index (χ2n) is 5.90. The molecule has 0 aliphatic carbocycles. The SMILES string of the molecule is Cc1ccc(/C=C/C(=O)OCC(=O)NCC(=O)Nc2ccc(F)c(F)c2F)cc1. The fourth-order valence-electron chi connectivity index (χ4n) is 2.07. The molecule has 0 aromatic heterocycles. The van der Waals surface area contributed by atoms with Crippen LogP contribution in [0.1, 0.15) is 11.1 Å². The number of carbonyl (C=O) groups is 3. The highest BCUT2D eigenvalue weighted by atomic mass is 19.2. The molecule has 0 bridgehead atoms. The molecular weight excluding hydrogens is 389 g/mol. The maximum absolute atomic E-state index is 13.5. The van der Waals surface area contributed by atoms with Gasteiger partial charge in [-0.05, 0) is 30.7 Å². The molecule has 9 heteroatoms. The first-order valence-electron chi connectivity index (χ1n) is 8.38. The largest absolute Gasteiger partial charge is 0.452 e. The third kappa shape index (κ3) is 6.80. The summed E-state index contributed by atoms with van der Waals surface area (Å²) in [5.41, 5.74) is 1.27. The fraction of sp³-hybridized carbons (Fsp3) is 0.150. The van der Waals surface area contributed by atoms with E-state index in [2.05, 4.69) is 5.32 Å². The zero-order chi connectivity index (χ0) is 21.4. The van der Waals surface area contributed by atoms with Crippen molar-refractivity contribution in [2.75, 3.05) is 18.5 Å². The average molecular weight is 406 g/mol. The third-order valence-electron chi connectivity index (χ3n) is 3.59. The zero-order valence-electron chi connectivity index (χ0n) is 15.3. The lowest BCUT2D eigenvalue weighted by Crippen LogP contribution is -2.35. The molecule has 0 spiro atoms. The second-order valence-corrected chi connectivity index (χ2v) is 5.90. The summed E-state index contributed by atoms with van der Waals surface area (Å²) in [5, 5.41) is 4.13. The van der Waals surface area contributed by atoms with Gasteiger partial charge in [0.05, 0.1) is 12.2 Å². The van der Waals surface area contributed by atoms with Gasteiger partial charge in [-0.15, -0.1) is 0 Å². The second kappa shape index (κ2) is 10.1. The highest BCUT2D eigenvalue weighted by Gasteiger charge is 2.15. The van der Waals surface area contributed by atoms with E-state index in [9.17, 15) is 27.6 Å². The molecule has 0 aliphatic rings. The van der Waals surface area contributed by atoms with Crippen molar-refractivity contribution in [3.8, 4) is 0 Å². The molecule has 0 unspecified atom stereocenters. The topological polar surface area (TPSA) is 84.5 Å². The number of esters is 1. The molecule has 6 nitrogen and oxygen atoms in total. The van der Waals surface area contributed by atoms with Crippen LogP contribution in [0.2, 0.25) is 0 Å². The molecule has 0 saturated carbocycles. The Labute approximate surface area is 164 Å². The van der Waals surface area contributed by atoms with E-state index < -0.39 is 54.1 Å². The van der Waals surface area contributed by atoms with Crippen molar-refractivity contribution >= 4 is 29.5 Å². The Morgan fingerprint density at radius 1 is 0.966 bits per heavy atom. The number of hydrogen-bond donors (Lipinski definition) is 2. The molecule has 2 amide bonds. The number of anilines is 1. The summed E-state index contributed by atoms with van der Waals surface area (Å²) in [7, 11) is 0. The van der Waals surface area contributed by atoms with Gasteiger partial charge in [0.2, 0.25) is 5.91 Å². The zero-order valence-corrected chi connectivity index (χ0v) is 15.3. The van der Waals surface area contributed by atoms with Crippen LogP contribution in [0.25, 0.3) is 6.08 Å². The van der Waals surface area contributed by atoms with Crippen molar-refractivity contribution < 1.29 is 32.3 Å². The van der Waals surface area contributed by atoms with Crippen LogP contribution in [0.15, 0.2) is 42.5 Å². The van der Waals surface area contributed by atoms with Gasteiger partial charge in [0, 0.05) is 6.08 Å².